The number of guanidine groups is 1. The molecule has 5 rings (SSSR count). The highest BCUT2D eigenvalue weighted by Gasteiger charge is 2.39. The standard InChI is InChI=1S/C40H46N8O5/c1-24-17-30(49)18-25(2)31(24)22-34(46-47-40(42)43)39(53)48-23-29-16-10-9-15-28(29)21-35(48)38(52)45-33(20-27-13-7-4-8-14-27)37(51)44-32(36(41)50)19-26-11-5-3-6-12-26/h3-18,32-35,46,49H,19-23H2,1-2H3,(H2,41,50)(H,44,51)(H,45,52)(H4,42,43,47)/t32-,33-,34-,35-/m0/s1. The van der Waals surface area contributed by atoms with E-state index in [1.165, 1.54) is 4.90 Å². The van der Waals surface area contributed by atoms with Gasteiger partial charge in [-0.1, -0.05) is 84.9 Å². The normalized spacial score (nSPS) is 15.2. The summed E-state index contributed by atoms with van der Waals surface area (Å²) in [4.78, 5) is 57.0. The molecular weight excluding hydrogens is 672 g/mol. The number of nitrogens with one attached hydrogen (secondary N) is 3. The van der Waals surface area contributed by atoms with E-state index in [9.17, 15) is 24.3 Å². The van der Waals surface area contributed by atoms with Gasteiger partial charge in [0.05, 0.1) is 0 Å². The van der Waals surface area contributed by atoms with E-state index in [0.717, 1.165) is 38.9 Å². The lowest BCUT2D eigenvalue weighted by molar-refractivity contribution is -0.144. The van der Waals surface area contributed by atoms with Crippen molar-refractivity contribution in [3.05, 3.63) is 136 Å². The number of aryl methyl sites for hydroxylation is 2. The van der Waals surface area contributed by atoms with Gasteiger partial charge in [0.25, 0.3) is 0 Å². The van der Waals surface area contributed by atoms with Crippen LogP contribution >= 0.6 is 0 Å². The predicted octanol–water partition coefficient (Wildman–Crippen LogP) is 1.59. The molecule has 276 valence electrons. The second kappa shape index (κ2) is 17.2. The summed E-state index contributed by atoms with van der Waals surface area (Å²) < 4.78 is 0. The predicted molar refractivity (Wildman–Crippen MR) is 202 cm³/mol. The Morgan fingerprint density at radius 3 is 1.87 bits per heavy atom. The van der Waals surface area contributed by atoms with Crippen molar-refractivity contribution >= 4 is 29.6 Å². The van der Waals surface area contributed by atoms with Gasteiger partial charge in [-0.25, -0.2) is 0 Å². The van der Waals surface area contributed by atoms with Gasteiger partial charge in [-0.2, -0.15) is 0 Å². The number of phenols is 1. The number of primary amides is 1. The molecular formula is C40H46N8O5. The van der Waals surface area contributed by atoms with Crippen molar-refractivity contribution in [2.24, 2.45) is 22.3 Å². The molecule has 0 radical (unpaired) electrons. The largest absolute Gasteiger partial charge is 0.508 e. The zero-order valence-electron chi connectivity index (χ0n) is 29.8. The zero-order chi connectivity index (χ0) is 38.1. The summed E-state index contributed by atoms with van der Waals surface area (Å²) in [7, 11) is 0. The van der Waals surface area contributed by atoms with Crippen LogP contribution < -0.4 is 33.3 Å². The number of hydrogen-bond donors (Lipinski definition) is 7. The Hall–Kier alpha value is -6.37. The molecule has 10 N–H and O–H groups in total. The highest BCUT2D eigenvalue weighted by molar-refractivity contribution is 5.95. The van der Waals surface area contributed by atoms with Crippen LogP contribution in [0.25, 0.3) is 0 Å². The molecule has 0 aliphatic carbocycles. The van der Waals surface area contributed by atoms with Gasteiger partial charge in [0.15, 0.2) is 0 Å². The third kappa shape index (κ3) is 9.91. The Morgan fingerprint density at radius 1 is 0.755 bits per heavy atom. The van der Waals surface area contributed by atoms with Crippen molar-refractivity contribution in [1.29, 1.82) is 0 Å². The van der Waals surface area contributed by atoms with Crippen LogP contribution in [0.15, 0.2) is 102 Å². The number of carbonyl (C=O) groups is 4. The summed E-state index contributed by atoms with van der Waals surface area (Å²) >= 11 is 0. The molecule has 0 fully saturated rings. The zero-order valence-corrected chi connectivity index (χ0v) is 29.8. The molecule has 53 heavy (non-hydrogen) atoms. The van der Waals surface area contributed by atoms with Crippen molar-refractivity contribution < 1.29 is 24.3 Å². The van der Waals surface area contributed by atoms with Crippen molar-refractivity contribution in [1.82, 2.24) is 21.0 Å². The monoisotopic (exact) mass is 718 g/mol. The molecule has 4 aromatic carbocycles. The third-order valence-corrected chi connectivity index (χ3v) is 9.43. The van der Waals surface area contributed by atoms with Crippen molar-refractivity contribution in [2.75, 3.05) is 0 Å². The van der Waals surface area contributed by atoms with E-state index in [1.54, 1.807) is 12.1 Å². The number of phenolic OH excluding ortho intramolecular Hbond substituents is 1. The topological polar surface area (TPSA) is 218 Å². The Labute approximate surface area is 308 Å². The van der Waals surface area contributed by atoms with Gasteiger partial charge in [0, 0.05) is 32.2 Å². The molecule has 0 saturated heterocycles. The summed E-state index contributed by atoms with van der Waals surface area (Å²) in [5.74, 6) is -2.49. The van der Waals surface area contributed by atoms with Gasteiger partial charge < -0.3 is 37.8 Å². The van der Waals surface area contributed by atoms with Gasteiger partial charge in [-0.15, -0.1) is 5.10 Å². The number of hydrogen-bond acceptors (Lipinski definition) is 7. The molecule has 4 atom stereocenters. The van der Waals surface area contributed by atoms with Crippen LogP contribution in [0.5, 0.6) is 5.75 Å². The first-order valence-corrected chi connectivity index (χ1v) is 17.4. The number of nitrogens with zero attached hydrogens (tertiary/aromatic N) is 2. The fourth-order valence-electron chi connectivity index (χ4n) is 6.70. The summed E-state index contributed by atoms with van der Waals surface area (Å²) in [6.07, 6.45) is 0.604. The van der Waals surface area contributed by atoms with Gasteiger partial charge in [-0.05, 0) is 64.9 Å². The maximum Gasteiger partial charge on any atom is 0.248 e. The minimum absolute atomic E-state index is 0.101. The molecule has 1 aliphatic rings. The molecule has 0 saturated carbocycles. The van der Waals surface area contributed by atoms with E-state index in [2.05, 4.69) is 21.2 Å². The van der Waals surface area contributed by atoms with E-state index < -0.39 is 47.8 Å². The maximum absolute atomic E-state index is 14.6. The number of carbonyl (C=O) groups excluding carboxylic acids is 4. The molecule has 4 amide bonds. The lowest BCUT2D eigenvalue weighted by atomic mass is 9.91. The smallest absolute Gasteiger partial charge is 0.248 e. The Morgan fingerprint density at radius 2 is 1.30 bits per heavy atom. The van der Waals surface area contributed by atoms with Crippen molar-refractivity contribution in [2.45, 2.75) is 70.2 Å². The van der Waals surface area contributed by atoms with E-state index in [4.69, 9.17) is 17.2 Å². The van der Waals surface area contributed by atoms with Crippen molar-refractivity contribution in [3.63, 3.8) is 0 Å². The lowest BCUT2D eigenvalue weighted by Crippen LogP contribution is -2.60. The molecule has 13 nitrogen and oxygen atoms in total. The summed E-state index contributed by atoms with van der Waals surface area (Å²) in [6, 6.07) is 24.9. The first-order valence-electron chi connectivity index (χ1n) is 17.4. The first-order chi connectivity index (χ1) is 25.4. The summed E-state index contributed by atoms with van der Waals surface area (Å²) in [6.45, 7) is 3.77. The minimum Gasteiger partial charge on any atom is -0.508 e. The van der Waals surface area contributed by atoms with Crippen LogP contribution in [0.4, 0.5) is 0 Å². The van der Waals surface area contributed by atoms with Crippen LogP contribution in [0.2, 0.25) is 0 Å². The molecule has 1 heterocycles. The number of benzene rings is 4. The second-order valence-corrected chi connectivity index (χ2v) is 13.3. The van der Waals surface area contributed by atoms with Crippen LogP contribution in [0, 0.1) is 13.8 Å². The molecule has 0 bridgehead atoms. The van der Waals surface area contributed by atoms with Crippen LogP contribution in [-0.4, -0.2) is 63.8 Å². The van der Waals surface area contributed by atoms with Gasteiger partial charge in [0.2, 0.25) is 29.6 Å². The van der Waals surface area contributed by atoms with Crippen LogP contribution in [0.3, 0.4) is 0 Å². The molecule has 0 aromatic heterocycles. The second-order valence-electron chi connectivity index (χ2n) is 13.3. The van der Waals surface area contributed by atoms with E-state index in [1.807, 2.05) is 98.8 Å². The fraction of sp³-hybridized carbons (Fsp3) is 0.275. The summed E-state index contributed by atoms with van der Waals surface area (Å²) in [5.41, 5.74) is 25.5. The highest BCUT2D eigenvalue weighted by atomic mass is 16.3. The number of rotatable bonds is 14. The summed E-state index contributed by atoms with van der Waals surface area (Å²) in [5, 5.41) is 19.8. The SMILES string of the molecule is Cc1cc(O)cc(C)c1C[C@H](NN=C(N)N)C(=O)N1Cc2ccccc2C[C@H]1C(=O)N[C@@H](Cc1ccccc1)C(=O)N[C@@H](Cc1ccccc1)C(N)=O. The van der Waals surface area contributed by atoms with Crippen LogP contribution in [0.1, 0.15) is 38.9 Å². The number of aromatic hydroxyl groups is 1. The Balaban J connectivity index is 1.46. The third-order valence-electron chi connectivity index (χ3n) is 9.43. The van der Waals surface area contributed by atoms with Gasteiger partial charge in [0.1, 0.15) is 29.9 Å². The maximum atomic E-state index is 14.6. The quantitative estimate of drug-likeness (QED) is 0.0576. The van der Waals surface area contributed by atoms with Gasteiger partial charge in [-0.3, -0.25) is 24.6 Å². The number of nitrogens with two attached hydrogens (primary N) is 3. The molecule has 1 aliphatic heterocycles. The van der Waals surface area contributed by atoms with E-state index in [0.29, 0.717) is 0 Å². The average Bonchev–Trinajstić information content (AvgIpc) is 3.13. The lowest BCUT2D eigenvalue weighted by Gasteiger charge is -2.38. The van der Waals surface area contributed by atoms with Crippen molar-refractivity contribution in [3.8, 4) is 5.75 Å². The number of fused-ring (bicyclic) bond motifs is 1. The molecule has 13 heteroatoms. The molecule has 0 unspecified atom stereocenters. The molecule has 0 spiro atoms. The molecule has 4 aromatic rings. The van der Waals surface area contributed by atoms with Crippen LogP contribution in [-0.2, 0) is 51.4 Å². The minimum atomic E-state index is -1.12. The average molecular weight is 719 g/mol. The first kappa shape index (κ1) is 37.9. The Bertz CT molecular complexity index is 1940. The fourth-order valence-corrected chi connectivity index (χ4v) is 6.70. The van der Waals surface area contributed by atoms with E-state index in [-0.39, 0.29) is 43.9 Å². The van der Waals surface area contributed by atoms with Gasteiger partial charge >= 0.3 is 0 Å². The Kier molecular flexibility index (Phi) is 12.3. The van der Waals surface area contributed by atoms with E-state index >= 15 is 0 Å². The highest BCUT2D eigenvalue weighted by Crippen LogP contribution is 2.27. The number of amides is 4. The number of hydrazone groups is 1.